The Bertz CT molecular complexity index is 269. The first-order valence-electron chi connectivity index (χ1n) is 7.35. The first kappa shape index (κ1) is 13.5. The van der Waals surface area contributed by atoms with E-state index in [1.165, 1.54) is 44.9 Å². The van der Waals surface area contributed by atoms with Gasteiger partial charge in [0.05, 0.1) is 5.25 Å². The number of hydrogen-bond donors (Lipinski definition) is 1. The van der Waals surface area contributed by atoms with Crippen molar-refractivity contribution in [2.45, 2.75) is 75.3 Å². The van der Waals surface area contributed by atoms with Crippen LogP contribution in [-0.4, -0.2) is 27.3 Å². The lowest BCUT2D eigenvalue weighted by molar-refractivity contribution is 0.387. The van der Waals surface area contributed by atoms with Gasteiger partial charge in [-0.3, -0.25) is 4.21 Å². The van der Waals surface area contributed by atoms with Crippen molar-refractivity contribution in [3.8, 4) is 0 Å². The third-order valence-corrected chi connectivity index (χ3v) is 6.68. The van der Waals surface area contributed by atoms with Gasteiger partial charge >= 0.3 is 0 Å². The molecule has 1 N–H and O–H groups in total. The number of hydrogen-bond acceptors (Lipinski definition) is 2. The van der Waals surface area contributed by atoms with Crippen LogP contribution in [0.5, 0.6) is 0 Å². The van der Waals surface area contributed by atoms with Crippen LogP contribution in [-0.2, 0) is 10.8 Å². The molecule has 0 amide bonds. The van der Waals surface area contributed by atoms with E-state index in [4.69, 9.17) is 0 Å². The summed E-state index contributed by atoms with van der Waals surface area (Å²) in [5, 5.41) is 4.46. The molecule has 0 aromatic heterocycles. The van der Waals surface area contributed by atoms with Crippen molar-refractivity contribution in [2.75, 3.05) is 6.54 Å². The van der Waals surface area contributed by atoms with Gasteiger partial charge in [-0.2, -0.15) is 0 Å². The summed E-state index contributed by atoms with van der Waals surface area (Å²) in [6, 6.07) is 0.526. The largest absolute Gasteiger partial charge is 0.313 e. The van der Waals surface area contributed by atoms with E-state index < -0.39 is 10.8 Å². The Kier molecular flexibility index (Phi) is 5.04. The molecule has 2 aliphatic carbocycles. The summed E-state index contributed by atoms with van der Waals surface area (Å²) in [4.78, 5) is 0. The summed E-state index contributed by atoms with van der Waals surface area (Å²) in [5.41, 5.74) is 0. The zero-order valence-corrected chi connectivity index (χ0v) is 12.1. The van der Waals surface area contributed by atoms with Crippen molar-refractivity contribution >= 4 is 10.8 Å². The molecule has 0 bridgehead atoms. The molecule has 17 heavy (non-hydrogen) atoms. The molecule has 100 valence electrons. The van der Waals surface area contributed by atoms with Crippen molar-refractivity contribution in [2.24, 2.45) is 5.92 Å². The van der Waals surface area contributed by atoms with E-state index in [1.54, 1.807) is 0 Å². The van der Waals surface area contributed by atoms with Crippen LogP contribution in [0.15, 0.2) is 0 Å². The van der Waals surface area contributed by atoms with E-state index >= 15 is 0 Å². The molecule has 0 aromatic rings. The average molecular weight is 257 g/mol. The molecule has 0 heterocycles. The molecule has 2 nitrogen and oxygen atoms in total. The smallest absolute Gasteiger partial charge is 0.0504 e. The van der Waals surface area contributed by atoms with Crippen LogP contribution in [0.1, 0.15) is 58.8 Å². The van der Waals surface area contributed by atoms with E-state index in [0.717, 1.165) is 12.5 Å². The fourth-order valence-electron chi connectivity index (χ4n) is 3.54. The van der Waals surface area contributed by atoms with Crippen LogP contribution in [0.3, 0.4) is 0 Å². The lowest BCUT2D eigenvalue weighted by Crippen LogP contribution is -2.41. The number of rotatable bonds is 4. The van der Waals surface area contributed by atoms with Gasteiger partial charge in [-0.25, -0.2) is 0 Å². The van der Waals surface area contributed by atoms with E-state index in [1.807, 2.05) is 0 Å². The monoisotopic (exact) mass is 257 g/mol. The topological polar surface area (TPSA) is 29.1 Å². The Morgan fingerprint density at radius 1 is 1.18 bits per heavy atom. The predicted molar refractivity (Wildman–Crippen MR) is 74.7 cm³/mol. The Hall–Kier alpha value is 0.110. The van der Waals surface area contributed by atoms with E-state index in [0.29, 0.717) is 16.5 Å². The minimum atomic E-state index is -0.597. The molecule has 5 unspecified atom stereocenters. The molecule has 2 aliphatic rings. The molecule has 5 atom stereocenters. The molecule has 2 saturated carbocycles. The quantitative estimate of drug-likeness (QED) is 0.839. The van der Waals surface area contributed by atoms with Gasteiger partial charge in [-0.15, -0.1) is 0 Å². The second kappa shape index (κ2) is 6.33. The second-order valence-corrected chi connectivity index (χ2v) is 7.79. The maximum Gasteiger partial charge on any atom is 0.0504 e. The first-order chi connectivity index (χ1) is 8.22. The molecule has 2 fully saturated rings. The molecule has 0 aromatic carbocycles. The Morgan fingerprint density at radius 2 is 1.94 bits per heavy atom. The molecule has 0 spiro atoms. The molecule has 0 radical (unpaired) electrons. The highest BCUT2D eigenvalue weighted by Gasteiger charge is 2.36. The van der Waals surface area contributed by atoms with Crippen molar-refractivity contribution in [3.63, 3.8) is 0 Å². The van der Waals surface area contributed by atoms with Crippen molar-refractivity contribution in [3.05, 3.63) is 0 Å². The van der Waals surface area contributed by atoms with Crippen LogP contribution >= 0.6 is 0 Å². The van der Waals surface area contributed by atoms with E-state index in [9.17, 15) is 4.21 Å². The zero-order valence-electron chi connectivity index (χ0n) is 11.3. The molecule has 3 heteroatoms. The fourth-order valence-corrected chi connectivity index (χ4v) is 5.90. The second-order valence-electron chi connectivity index (χ2n) is 5.86. The first-order valence-corrected chi connectivity index (χ1v) is 8.62. The van der Waals surface area contributed by atoms with Crippen LogP contribution in [0.4, 0.5) is 0 Å². The minimum absolute atomic E-state index is 0.435. The molecule has 2 rings (SSSR count). The van der Waals surface area contributed by atoms with Gasteiger partial charge in [0.1, 0.15) is 0 Å². The van der Waals surface area contributed by atoms with E-state index in [2.05, 4.69) is 19.2 Å². The Balaban J connectivity index is 1.93. The van der Waals surface area contributed by atoms with Crippen molar-refractivity contribution in [1.29, 1.82) is 0 Å². The van der Waals surface area contributed by atoms with E-state index in [-0.39, 0.29) is 0 Å². The highest BCUT2D eigenvalue weighted by atomic mass is 32.2. The lowest BCUT2D eigenvalue weighted by atomic mass is 9.91. The van der Waals surface area contributed by atoms with Gasteiger partial charge in [0.15, 0.2) is 0 Å². The van der Waals surface area contributed by atoms with Gasteiger partial charge in [0.2, 0.25) is 0 Å². The molecular formula is C14H27NOS. The summed E-state index contributed by atoms with van der Waals surface area (Å²) in [5.74, 6) is 0.789. The standard InChI is InChI=1S/C14H27NOS/c1-3-15-13-8-5-9-14(13)17(16)12-7-4-6-11(2)10-12/h11-15H,3-10H2,1-2H3. The van der Waals surface area contributed by atoms with Crippen LogP contribution in [0.2, 0.25) is 0 Å². The third kappa shape index (κ3) is 3.31. The summed E-state index contributed by atoms with van der Waals surface area (Å²) in [6.07, 6.45) is 8.69. The van der Waals surface area contributed by atoms with Gasteiger partial charge in [0, 0.05) is 22.1 Å². The van der Waals surface area contributed by atoms with Gasteiger partial charge < -0.3 is 5.32 Å². The van der Waals surface area contributed by atoms with Crippen molar-refractivity contribution in [1.82, 2.24) is 5.32 Å². The lowest BCUT2D eigenvalue weighted by Gasteiger charge is -2.30. The summed E-state index contributed by atoms with van der Waals surface area (Å²) >= 11 is 0. The van der Waals surface area contributed by atoms with Gasteiger partial charge in [-0.1, -0.05) is 33.1 Å². The van der Waals surface area contributed by atoms with Crippen LogP contribution in [0.25, 0.3) is 0 Å². The third-order valence-electron chi connectivity index (χ3n) is 4.43. The maximum absolute atomic E-state index is 12.7. The van der Waals surface area contributed by atoms with Gasteiger partial charge in [0.25, 0.3) is 0 Å². The Morgan fingerprint density at radius 3 is 2.65 bits per heavy atom. The fraction of sp³-hybridized carbons (Fsp3) is 1.00. The molecule has 0 aliphatic heterocycles. The SMILES string of the molecule is CCNC1CCCC1S(=O)C1CCCC(C)C1. The average Bonchev–Trinajstić information content (AvgIpc) is 2.77. The summed E-state index contributed by atoms with van der Waals surface area (Å²) in [6.45, 7) is 5.49. The maximum atomic E-state index is 12.7. The summed E-state index contributed by atoms with van der Waals surface area (Å²) in [7, 11) is -0.597. The van der Waals surface area contributed by atoms with Crippen LogP contribution < -0.4 is 5.32 Å². The highest BCUT2D eigenvalue weighted by molar-refractivity contribution is 7.86. The van der Waals surface area contributed by atoms with Gasteiger partial charge in [-0.05, 0) is 38.1 Å². The highest BCUT2D eigenvalue weighted by Crippen LogP contribution is 2.33. The van der Waals surface area contributed by atoms with Crippen LogP contribution in [0, 0.1) is 5.92 Å². The predicted octanol–water partition coefficient (Wildman–Crippen LogP) is 2.84. The molecular weight excluding hydrogens is 230 g/mol. The zero-order chi connectivity index (χ0) is 12.3. The number of nitrogens with one attached hydrogen (secondary N) is 1. The normalized spacial score (nSPS) is 40.4. The van der Waals surface area contributed by atoms with Crippen molar-refractivity contribution < 1.29 is 4.21 Å². The minimum Gasteiger partial charge on any atom is -0.313 e. The summed E-state index contributed by atoms with van der Waals surface area (Å²) < 4.78 is 12.7. The molecule has 0 saturated heterocycles. The Labute approximate surface area is 108 Å².